The summed E-state index contributed by atoms with van der Waals surface area (Å²) in [4.78, 5) is 24.7. The summed E-state index contributed by atoms with van der Waals surface area (Å²) in [5.41, 5.74) is 0.0397. The van der Waals surface area contributed by atoms with E-state index in [1.807, 2.05) is 12.1 Å². The van der Waals surface area contributed by atoms with Crippen LogP contribution in [0.25, 0.3) is 0 Å². The minimum Gasteiger partial charge on any atom is -0.383 e. The molecule has 240 valence electrons. The van der Waals surface area contributed by atoms with Gasteiger partial charge in [-0.1, -0.05) is 48.4 Å². The fourth-order valence-corrected chi connectivity index (χ4v) is 8.60. The van der Waals surface area contributed by atoms with Gasteiger partial charge < -0.3 is 15.7 Å². The van der Waals surface area contributed by atoms with Gasteiger partial charge in [0.25, 0.3) is 0 Å². The summed E-state index contributed by atoms with van der Waals surface area (Å²) < 4.78 is 71.7. The Morgan fingerprint density at radius 1 is 1.00 bits per heavy atom. The quantitative estimate of drug-likeness (QED) is 0.285. The van der Waals surface area contributed by atoms with Crippen molar-refractivity contribution in [3.63, 3.8) is 0 Å². The van der Waals surface area contributed by atoms with Crippen molar-refractivity contribution < 1.29 is 36.6 Å². The number of hydrogen-bond donors (Lipinski definition) is 3. The lowest BCUT2D eigenvalue weighted by atomic mass is 9.50. The summed E-state index contributed by atoms with van der Waals surface area (Å²) in [6.45, 7) is 1.60. The summed E-state index contributed by atoms with van der Waals surface area (Å²) in [5, 5.41) is 17.4. The zero-order chi connectivity index (χ0) is 32.4. The predicted octanol–water partition coefficient (Wildman–Crippen LogP) is 8.49. The molecule has 2 fully saturated rings. The smallest absolute Gasteiger partial charge is 0.383 e. The molecule has 5 atom stereocenters. The zero-order valence-corrected chi connectivity index (χ0v) is 25.4. The number of anilines is 1. The van der Waals surface area contributed by atoms with Gasteiger partial charge >= 0.3 is 18.1 Å². The second-order valence-corrected chi connectivity index (χ2v) is 13.5. The van der Waals surface area contributed by atoms with Crippen LogP contribution in [0.15, 0.2) is 71.3 Å². The molecule has 5 nitrogen and oxygen atoms in total. The molecule has 0 radical (unpaired) electrons. The van der Waals surface area contributed by atoms with Crippen molar-refractivity contribution in [3.8, 4) is 0 Å². The van der Waals surface area contributed by atoms with Crippen molar-refractivity contribution in [3.05, 3.63) is 87.5 Å². The fraction of sp³-hybridized carbons (Fsp3) is 0.471. The van der Waals surface area contributed by atoms with Gasteiger partial charge in [-0.3, -0.25) is 4.79 Å². The number of alkyl halides is 5. The highest BCUT2D eigenvalue weighted by atomic mass is 35.5. The van der Waals surface area contributed by atoms with Crippen molar-refractivity contribution in [1.29, 1.82) is 0 Å². The first-order valence-corrected chi connectivity index (χ1v) is 15.6. The number of allylic oxidation sites excluding steroid dienone is 4. The molecule has 2 aromatic carbocycles. The average molecular weight is 649 g/mol. The van der Waals surface area contributed by atoms with Crippen molar-refractivity contribution in [2.75, 3.05) is 5.32 Å². The molecule has 2 amide bonds. The molecule has 3 N–H and O–H groups in total. The number of benzene rings is 2. The predicted molar refractivity (Wildman–Crippen MR) is 160 cm³/mol. The van der Waals surface area contributed by atoms with Crippen LogP contribution in [-0.2, 0) is 11.3 Å². The summed E-state index contributed by atoms with van der Waals surface area (Å²) in [6.07, 6.45) is -3.01. The molecule has 45 heavy (non-hydrogen) atoms. The van der Waals surface area contributed by atoms with E-state index in [4.69, 9.17) is 11.6 Å². The van der Waals surface area contributed by atoms with E-state index in [1.54, 1.807) is 42.5 Å². The molecule has 4 aliphatic carbocycles. The largest absolute Gasteiger partial charge is 0.456 e. The van der Waals surface area contributed by atoms with E-state index in [0.717, 1.165) is 27.8 Å². The van der Waals surface area contributed by atoms with E-state index in [0.29, 0.717) is 36.4 Å². The number of carbonyl (C=O) groups excluding carboxylic acids is 2. The van der Waals surface area contributed by atoms with Crippen molar-refractivity contribution in [2.45, 2.75) is 82.0 Å². The third-order valence-electron chi connectivity index (χ3n) is 10.7. The van der Waals surface area contributed by atoms with Crippen LogP contribution in [0.3, 0.4) is 0 Å². The number of nitrogens with one attached hydrogen (secondary N) is 2. The molecular formula is C34H34ClF5N2O3. The number of hydrogen-bond acceptors (Lipinski definition) is 3. The van der Waals surface area contributed by atoms with Gasteiger partial charge in [0, 0.05) is 35.0 Å². The second kappa shape index (κ2) is 11.2. The van der Waals surface area contributed by atoms with Crippen molar-refractivity contribution >= 4 is 29.1 Å². The SMILES string of the molecule is C[C@]12C[C@H](c3ccc(CNC(=O)Nc4ccc(Cl)cc4)cc3)C3=C4CCC(=O)C=C4CC[C@H]3[C@@H]1CC[C@@]2(O)C(F)(F)C(F)(F)F. The number of amides is 2. The summed E-state index contributed by atoms with van der Waals surface area (Å²) in [5.74, 6) is -6.62. The normalized spacial score (nSPS) is 29.8. The van der Waals surface area contributed by atoms with Gasteiger partial charge in [0.1, 0.15) is 5.60 Å². The second-order valence-electron chi connectivity index (χ2n) is 13.0. The summed E-state index contributed by atoms with van der Waals surface area (Å²) in [6, 6.07) is 13.4. The number of ketones is 1. The molecule has 0 saturated heterocycles. The van der Waals surface area contributed by atoms with Gasteiger partial charge in [-0.05, 0) is 103 Å². The Bertz CT molecular complexity index is 1570. The lowest BCUT2D eigenvalue weighted by molar-refractivity contribution is -0.362. The van der Waals surface area contributed by atoms with Crippen LogP contribution in [0.1, 0.15) is 68.9 Å². The lowest BCUT2D eigenvalue weighted by Crippen LogP contribution is -2.65. The third kappa shape index (κ3) is 5.27. The number of urea groups is 1. The number of carbonyl (C=O) groups is 2. The Morgan fingerprint density at radius 2 is 1.69 bits per heavy atom. The van der Waals surface area contributed by atoms with E-state index < -0.39 is 47.4 Å². The van der Waals surface area contributed by atoms with Crippen molar-refractivity contribution in [1.82, 2.24) is 5.32 Å². The van der Waals surface area contributed by atoms with E-state index >= 15 is 8.78 Å². The van der Waals surface area contributed by atoms with Gasteiger partial charge in [-0.25, -0.2) is 4.79 Å². The summed E-state index contributed by atoms with van der Waals surface area (Å²) >= 11 is 5.88. The number of halogens is 6. The van der Waals surface area contributed by atoms with E-state index in [-0.39, 0.29) is 31.1 Å². The van der Waals surface area contributed by atoms with E-state index in [2.05, 4.69) is 10.6 Å². The number of fused-ring (bicyclic) bond motifs is 4. The van der Waals surface area contributed by atoms with Crippen LogP contribution < -0.4 is 10.6 Å². The van der Waals surface area contributed by atoms with Crippen LogP contribution in [0.2, 0.25) is 5.02 Å². The molecule has 2 saturated carbocycles. The molecule has 6 rings (SSSR count). The van der Waals surface area contributed by atoms with Crippen LogP contribution in [0, 0.1) is 17.3 Å². The number of aliphatic hydroxyl groups is 1. The zero-order valence-electron chi connectivity index (χ0n) is 24.6. The highest BCUT2D eigenvalue weighted by Crippen LogP contribution is 2.70. The maximum absolute atomic E-state index is 15.2. The maximum atomic E-state index is 15.2. The van der Waals surface area contributed by atoms with E-state index in [9.17, 15) is 27.9 Å². The molecule has 2 aromatic rings. The van der Waals surface area contributed by atoms with Crippen LogP contribution >= 0.6 is 11.6 Å². The Morgan fingerprint density at radius 3 is 2.36 bits per heavy atom. The van der Waals surface area contributed by atoms with Crippen LogP contribution in [0.5, 0.6) is 0 Å². The standard InChI is InChI=1S/C34H34ClF5N2O3/c1-31-17-27(20-4-2-19(3-5-20)18-41-30(44)42-23-9-7-22(35)8-10-23)29-25-13-11-24(43)16-21(25)6-12-26(29)28(31)14-15-32(31,45)33(36,37)34(38,39)40/h2-5,7-10,16,26-28,45H,6,11-15,17-18H2,1H3,(H2,41,42,44)/t26-,27+,28-,31-,32-/m0/s1. The highest BCUT2D eigenvalue weighted by Gasteiger charge is 2.79. The molecule has 0 unspecified atom stereocenters. The monoisotopic (exact) mass is 648 g/mol. The molecule has 11 heteroatoms. The first-order chi connectivity index (χ1) is 21.1. The van der Waals surface area contributed by atoms with Crippen LogP contribution in [-0.4, -0.2) is 34.6 Å². The topological polar surface area (TPSA) is 78.4 Å². The number of rotatable bonds is 5. The summed E-state index contributed by atoms with van der Waals surface area (Å²) in [7, 11) is 0. The Kier molecular flexibility index (Phi) is 7.92. The lowest BCUT2D eigenvalue weighted by Gasteiger charge is -2.56. The Labute approximate surface area is 262 Å². The molecule has 0 aromatic heterocycles. The molecule has 0 bridgehead atoms. The molecule has 0 heterocycles. The van der Waals surface area contributed by atoms with E-state index in [1.165, 1.54) is 6.92 Å². The molecular weight excluding hydrogens is 615 g/mol. The molecule has 4 aliphatic rings. The molecule has 0 aliphatic heterocycles. The van der Waals surface area contributed by atoms with Gasteiger partial charge in [0.15, 0.2) is 5.78 Å². The van der Waals surface area contributed by atoms with Gasteiger partial charge in [-0.15, -0.1) is 0 Å². The first-order valence-electron chi connectivity index (χ1n) is 15.2. The first kappa shape index (κ1) is 31.7. The van der Waals surface area contributed by atoms with Crippen LogP contribution in [0.4, 0.5) is 32.4 Å². The van der Waals surface area contributed by atoms with Gasteiger partial charge in [-0.2, -0.15) is 22.0 Å². The highest BCUT2D eigenvalue weighted by molar-refractivity contribution is 6.30. The Hall–Kier alpha value is -3.24. The minimum atomic E-state index is -5.89. The third-order valence-corrected chi connectivity index (χ3v) is 11.0. The molecule has 0 spiro atoms. The minimum absolute atomic E-state index is 0.0296. The maximum Gasteiger partial charge on any atom is 0.456 e. The van der Waals surface area contributed by atoms with Gasteiger partial charge in [0.2, 0.25) is 0 Å². The van der Waals surface area contributed by atoms with Crippen molar-refractivity contribution in [2.24, 2.45) is 17.3 Å². The fourth-order valence-electron chi connectivity index (χ4n) is 8.47. The Balaban J connectivity index is 1.31. The van der Waals surface area contributed by atoms with Gasteiger partial charge in [0.05, 0.1) is 0 Å². The average Bonchev–Trinajstić information content (AvgIpc) is 3.27.